The Balaban J connectivity index is 2.47. The smallest absolute Gasteiger partial charge is 0.404 e. The summed E-state index contributed by atoms with van der Waals surface area (Å²) in [5.41, 5.74) is -1.70. The molecule has 1 aliphatic rings. The minimum absolute atomic E-state index is 0.0110. The molecule has 0 N–H and O–H groups in total. The molecule has 1 saturated heterocycles. The first-order valence-electron chi connectivity index (χ1n) is 9.61. The molecule has 1 aliphatic heterocycles. The van der Waals surface area contributed by atoms with Crippen LogP contribution in [0.15, 0.2) is 18.2 Å². The third-order valence-corrected chi connectivity index (χ3v) is 10.4. The molecule has 2 atom stereocenters. The topological polar surface area (TPSA) is 36.3 Å². The molecule has 1 aromatic carbocycles. The van der Waals surface area contributed by atoms with Crippen LogP contribution in [-0.4, -0.2) is 33.2 Å². The predicted octanol–water partition coefficient (Wildman–Crippen LogP) is 6.50. The molecule has 30 heavy (non-hydrogen) atoms. The molecule has 0 bridgehead atoms. The molecular formula is C20H26F6N2OSi. The van der Waals surface area contributed by atoms with Crippen molar-refractivity contribution in [3.8, 4) is 6.07 Å². The standard InChI is InChI=1S/C20H26F6N2OSi/c1-18(2,3)30(4,5)29-17(20(24,25)26)16-7-6-10-28(16)14-9-8-13(12-27)15(11-14)19(21,22)23/h8-9,11,16-17H,6-7,10H2,1-5H3/t16?,17-/m1/s1. The summed E-state index contributed by atoms with van der Waals surface area (Å²) in [5, 5.41) is 8.50. The van der Waals surface area contributed by atoms with E-state index in [1.54, 1.807) is 13.1 Å². The van der Waals surface area contributed by atoms with E-state index in [1.165, 1.54) is 17.0 Å². The number of hydrogen-bond acceptors (Lipinski definition) is 3. The van der Waals surface area contributed by atoms with Crippen molar-refractivity contribution in [2.75, 3.05) is 11.4 Å². The van der Waals surface area contributed by atoms with Crippen LogP contribution in [0.3, 0.4) is 0 Å². The summed E-state index contributed by atoms with van der Waals surface area (Å²) in [6.45, 7) is 9.10. The lowest BCUT2D eigenvalue weighted by molar-refractivity contribution is -0.203. The first-order chi connectivity index (χ1) is 13.5. The van der Waals surface area contributed by atoms with Gasteiger partial charge in [-0.3, -0.25) is 0 Å². The number of alkyl halides is 6. The normalized spacial score (nSPS) is 19.7. The maximum atomic E-state index is 14.0. The van der Waals surface area contributed by atoms with Crippen LogP contribution in [0, 0.1) is 11.3 Å². The van der Waals surface area contributed by atoms with Crippen molar-refractivity contribution in [3.63, 3.8) is 0 Å². The van der Waals surface area contributed by atoms with Crippen molar-refractivity contribution in [1.82, 2.24) is 0 Å². The zero-order valence-corrected chi connectivity index (χ0v) is 18.6. The van der Waals surface area contributed by atoms with Gasteiger partial charge in [0.25, 0.3) is 0 Å². The number of rotatable bonds is 4. The fraction of sp³-hybridized carbons (Fsp3) is 0.650. The second-order valence-corrected chi connectivity index (χ2v) is 13.8. The van der Waals surface area contributed by atoms with Crippen LogP contribution in [0.2, 0.25) is 18.1 Å². The largest absolute Gasteiger partial charge is 0.417 e. The van der Waals surface area contributed by atoms with Crippen LogP contribution in [-0.2, 0) is 10.6 Å². The summed E-state index contributed by atoms with van der Waals surface area (Å²) in [5.74, 6) is 0. The minimum atomic E-state index is -4.78. The highest BCUT2D eigenvalue weighted by Crippen LogP contribution is 2.43. The van der Waals surface area contributed by atoms with Crippen LogP contribution < -0.4 is 4.90 Å². The van der Waals surface area contributed by atoms with Gasteiger partial charge in [0.1, 0.15) is 0 Å². The van der Waals surface area contributed by atoms with Gasteiger partial charge in [0.15, 0.2) is 14.4 Å². The Kier molecular flexibility index (Phi) is 6.60. The predicted molar refractivity (Wildman–Crippen MR) is 105 cm³/mol. The summed E-state index contributed by atoms with van der Waals surface area (Å²) < 4.78 is 87.8. The van der Waals surface area contributed by atoms with E-state index < -0.39 is 49.0 Å². The molecule has 0 radical (unpaired) electrons. The molecule has 0 spiro atoms. The molecule has 0 aromatic heterocycles. The summed E-state index contributed by atoms with van der Waals surface area (Å²) in [6, 6.07) is 3.39. The van der Waals surface area contributed by atoms with Gasteiger partial charge >= 0.3 is 12.4 Å². The Labute approximate surface area is 173 Å². The van der Waals surface area contributed by atoms with E-state index in [-0.39, 0.29) is 18.7 Å². The number of hydrogen-bond donors (Lipinski definition) is 0. The van der Waals surface area contributed by atoms with E-state index in [9.17, 15) is 26.3 Å². The molecule has 1 heterocycles. The maximum absolute atomic E-state index is 14.0. The first-order valence-corrected chi connectivity index (χ1v) is 12.5. The third-order valence-electron chi connectivity index (χ3n) is 5.96. The maximum Gasteiger partial charge on any atom is 0.417 e. The molecule has 10 heteroatoms. The third kappa shape index (κ3) is 5.11. The monoisotopic (exact) mass is 452 g/mol. The van der Waals surface area contributed by atoms with Crippen LogP contribution in [0.1, 0.15) is 44.7 Å². The molecular weight excluding hydrogens is 426 g/mol. The summed E-state index contributed by atoms with van der Waals surface area (Å²) in [6.07, 6.45) is -11.0. The van der Waals surface area contributed by atoms with E-state index in [1.807, 2.05) is 20.8 Å². The van der Waals surface area contributed by atoms with Gasteiger partial charge in [-0.15, -0.1) is 0 Å². The fourth-order valence-electron chi connectivity index (χ4n) is 3.33. The van der Waals surface area contributed by atoms with Gasteiger partial charge < -0.3 is 9.33 Å². The molecule has 168 valence electrons. The summed E-state index contributed by atoms with van der Waals surface area (Å²) in [7, 11) is -2.80. The van der Waals surface area contributed by atoms with Crippen molar-refractivity contribution >= 4 is 14.0 Å². The van der Waals surface area contributed by atoms with Gasteiger partial charge in [0.2, 0.25) is 0 Å². The number of benzene rings is 1. The number of anilines is 1. The lowest BCUT2D eigenvalue weighted by Gasteiger charge is -2.43. The second-order valence-electron chi connectivity index (χ2n) is 9.08. The van der Waals surface area contributed by atoms with Crippen LogP contribution in [0.4, 0.5) is 32.0 Å². The van der Waals surface area contributed by atoms with E-state index in [4.69, 9.17) is 9.69 Å². The lowest BCUT2D eigenvalue weighted by atomic mass is 10.0. The second kappa shape index (κ2) is 8.08. The molecule has 1 fully saturated rings. The zero-order valence-electron chi connectivity index (χ0n) is 17.6. The van der Waals surface area contributed by atoms with Crippen LogP contribution >= 0.6 is 0 Å². The Morgan fingerprint density at radius 3 is 2.20 bits per heavy atom. The number of halogens is 6. The van der Waals surface area contributed by atoms with Gasteiger partial charge in [0, 0.05) is 12.2 Å². The van der Waals surface area contributed by atoms with Crippen molar-refractivity contribution < 1.29 is 30.8 Å². The van der Waals surface area contributed by atoms with Crippen molar-refractivity contribution in [2.24, 2.45) is 0 Å². The summed E-state index contributed by atoms with van der Waals surface area (Å²) in [4.78, 5) is 1.34. The number of nitriles is 1. The highest BCUT2D eigenvalue weighted by Gasteiger charge is 2.53. The Morgan fingerprint density at radius 2 is 1.73 bits per heavy atom. The highest BCUT2D eigenvalue weighted by atomic mass is 28.4. The highest BCUT2D eigenvalue weighted by molar-refractivity contribution is 6.74. The van der Waals surface area contributed by atoms with Gasteiger partial charge in [-0.05, 0) is 49.2 Å². The van der Waals surface area contributed by atoms with E-state index in [2.05, 4.69) is 0 Å². The number of nitrogens with zero attached hydrogens (tertiary/aromatic N) is 2. The zero-order chi connectivity index (χ0) is 23.1. The van der Waals surface area contributed by atoms with Crippen molar-refractivity contribution in [3.05, 3.63) is 29.3 Å². The molecule has 3 nitrogen and oxygen atoms in total. The minimum Gasteiger partial charge on any atom is -0.404 e. The van der Waals surface area contributed by atoms with Crippen molar-refractivity contribution in [1.29, 1.82) is 5.26 Å². The van der Waals surface area contributed by atoms with Gasteiger partial charge in [-0.25, -0.2) is 0 Å². The first kappa shape index (κ1) is 24.5. The van der Waals surface area contributed by atoms with Crippen LogP contribution in [0.25, 0.3) is 0 Å². The van der Waals surface area contributed by atoms with Gasteiger partial charge in [-0.2, -0.15) is 31.6 Å². The Morgan fingerprint density at radius 1 is 1.13 bits per heavy atom. The fourth-order valence-corrected chi connectivity index (χ4v) is 4.61. The average Bonchev–Trinajstić information content (AvgIpc) is 3.05. The van der Waals surface area contributed by atoms with E-state index >= 15 is 0 Å². The molecule has 0 amide bonds. The SMILES string of the molecule is CC(C)(C)[Si](C)(C)O[C@H](C1CCCN1c1ccc(C#N)c(C(F)(F)F)c1)C(F)(F)F. The molecule has 2 rings (SSSR count). The quantitative estimate of drug-likeness (QED) is 0.387. The van der Waals surface area contributed by atoms with Crippen molar-refractivity contribution in [2.45, 2.75) is 76.2 Å². The van der Waals surface area contributed by atoms with Gasteiger partial charge in [-0.1, -0.05) is 20.8 Å². The van der Waals surface area contributed by atoms with Gasteiger partial charge in [0.05, 0.1) is 23.2 Å². The average molecular weight is 453 g/mol. The molecule has 1 unspecified atom stereocenters. The summed E-state index contributed by atoms with van der Waals surface area (Å²) >= 11 is 0. The Hall–Kier alpha value is -1.73. The van der Waals surface area contributed by atoms with E-state index in [0.717, 1.165) is 12.1 Å². The molecule has 0 aliphatic carbocycles. The lowest BCUT2D eigenvalue weighted by Crippen LogP contribution is -2.55. The van der Waals surface area contributed by atoms with Crippen LogP contribution in [0.5, 0.6) is 0 Å². The van der Waals surface area contributed by atoms with E-state index in [0.29, 0.717) is 6.42 Å². The molecule has 1 aromatic rings. The Bertz CT molecular complexity index is 807. The molecule has 0 saturated carbocycles.